The van der Waals surface area contributed by atoms with Crippen molar-refractivity contribution in [2.75, 3.05) is 14.7 Å². The second-order valence-corrected chi connectivity index (χ2v) is 16.2. The zero-order chi connectivity index (χ0) is 36.8. The van der Waals surface area contributed by atoms with Gasteiger partial charge in [0.25, 0.3) is 6.71 Å². The molecule has 262 valence electrons. The van der Waals surface area contributed by atoms with Gasteiger partial charge in [0.2, 0.25) is 0 Å². The highest BCUT2D eigenvalue weighted by Gasteiger charge is 2.45. The highest BCUT2D eigenvalue weighted by Crippen LogP contribution is 2.48. The van der Waals surface area contributed by atoms with Crippen LogP contribution in [0.25, 0.3) is 10.8 Å². The number of hydrogen-bond donors (Lipinski definition) is 0. The molecule has 12 rings (SSSR count). The SMILES string of the molecule is CC(C)(C)c1ccc(N2c3cc(N(c4ccccc4)c4cccc5ccccc45)ccc3B3c4c5cc(cc4N(c4ccccc4)c4cccc2c43)C5)cc1. The van der Waals surface area contributed by atoms with E-state index in [-0.39, 0.29) is 12.1 Å². The normalized spacial score (nSPS) is 13.5. The van der Waals surface area contributed by atoms with Gasteiger partial charge in [0.15, 0.2) is 0 Å². The number of nitrogens with zero attached hydrogens (tertiary/aromatic N) is 3. The Balaban J connectivity index is 1.19. The van der Waals surface area contributed by atoms with Gasteiger partial charge in [0.05, 0.1) is 5.69 Å². The predicted molar refractivity (Wildman–Crippen MR) is 234 cm³/mol. The van der Waals surface area contributed by atoms with Crippen LogP contribution in [0, 0.1) is 0 Å². The molecule has 0 radical (unpaired) electrons. The Morgan fingerprint density at radius 3 is 1.89 bits per heavy atom. The standard InChI is InChI=1S/C51H40BN3/c1-51(2,3)37-24-26-40(27-25-37)54-45-22-13-23-46-50(45)52(49-36-30-34(31-36)32-48(49)55(46)39-18-8-5-9-19-39)43-29-28-41(33-47(43)54)53(38-16-6-4-7-17-38)44-21-12-15-35-14-10-11-20-42(35)44/h4-30,32-33H,31H2,1-3H3. The predicted octanol–water partition coefficient (Wildman–Crippen LogP) is 11.6. The van der Waals surface area contributed by atoms with E-state index in [1.165, 1.54) is 72.3 Å². The number of anilines is 9. The lowest BCUT2D eigenvalue weighted by molar-refractivity contribution is 0.590. The molecule has 0 unspecified atom stereocenters. The van der Waals surface area contributed by atoms with Crippen LogP contribution >= 0.6 is 0 Å². The molecule has 55 heavy (non-hydrogen) atoms. The molecule has 0 saturated heterocycles. The molecule has 0 N–H and O–H groups in total. The quantitative estimate of drug-likeness (QED) is 0.165. The lowest BCUT2D eigenvalue weighted by Crippen LogP contribution is -2.62. The van der Waals surface area contributed by atoms with Gasteiger partial charge < -0.3 is 14.7 Å². The Bertz CT molecular complexity index is 2780. The monoisotopic (exact) mass is 705 g/mol. The van der Waals surface area contributed by atoms with Gasteiger partial charge in [-0.15, -0.1) is 0 Å². The van der Waals surface area contributed by atoms with E-state index in [2.05, 4.69) is 211 Å². The summed E-state index contributed by atoms with van der Waals surface area (Å²) < 4.78 is 0. The Morgan fingerprint density at radius 1 is 0.509 bits per heavy atom. The minimum Gasteiger partial charge on any atom is -0.311 e. The Labute approximate surface area is 323 Å². The van der Waals surface area contributed by atoms with Gasteiger partial charge >= 0.3 is 0 Å². The molecule has 0 spiro atoms. The maximum atomic E-state index is 2.53. The molecule has 2 aliphatic heterocycles. The summed E-state index contributed by atoms with van der Waals surface area (Å²) in [6.45, 7) is 6.96. The summed E-state index contributed by atoms with van der Waals surface area (Å²) in [5.74, 6) is 0. The van der Waals surface area contributed by atoms with Crippen molar-refractivity contribution < 1.29 is 0 Å². The van der Waals surface area contributed by atoms with Crippen molar-refractivity contribution in [2.24, 2.45) is 0 Å². The van der Waals surface area contributed by atoms with Crippen LogP contribution in [0.15, 0.2) is 176 Å². The van der Waals surface area contributed by atoms with Gasteiger partial charge in [-0.2, -0.15) is 0 Å². The second kappa shape index (κ2) is 12.0. The molecule has 8 aromatic carbocycles. The van der Waals surface area contributed by atoms with Gasteiger partial charge in [0.1, 0.15) is 0 Å². The molecule has 4 aliphatic rings. The fourth-order valence-electron chi connectivity index (χ4n) is 9.32. The second-order valence-electron chi connectivity index (χ2n) is 16.2. The van der Waals surface area contributed by atoms with Crippen LogP contribution in [-0.4, -0.2) is 6.71 Å². The molecule has 0 fully saturated rings. The minimum absolute atomic E-state index is 0.0556. The summed E-state index contributed by atoms with van der Waals surface area (Å²) >= 11 is 0. The fraction of sp³-hybridized carbons (Fsp3) is 0.0980. The lowest BCUT2D eigenvalue weighted by atomic mass is 9.32. The zero-order valence-electron chi connectivity index (χ0n) is 31.4. The molecule has 0 aromatic heterocycles. The molecule has 0 saturated carbocycles. The maximum Gasteiger partial charge on any atom is 0.252 e. The van der Waals surface area contributed by atoms with Gasteiger partial charge in [-0.05, 0) is 123 Å². The first kappa shape index (κ1) is 32.0. The molecule has 3 nitrogen and oxygen atoms in total. The van der Waals surface area contributed by atoms with Crippen LogP contribution in [-0.2, 0) is 11.8 Å². The summed E-state index contributed by atoms with van der Waals surface area (Å²) in [6, 6.07) is 65.3. The van der Waals surface area contributed by atoms with Crippen LogP contribution in [0.1, 0.15) is 37.5 Å². The van der Waals surface area contributed by atoms with Gasteiger partial charge in [-0.25, -0.2) is 0 Å². The highest BCUT2D eigenvalue weighted by atomic mass is 15.2. The van der Waals surface area contributed by atoms with E-state index in [9.17, 15) is 0 Å². The third kappa shape index (κ3) is 4.91. The number of rotatable bonds is 5. The summed E-state index contributed by atoms with van der Waals surface area (Å²) in [7, 11) is 0. The van der Waals surface area contributed by atoms with Crippen molar-refractivity contribution >= 4 is 85.1 Å². The average Bonchev–Trinajstić information content (AvgIpc) is 3.21. The van der Waals surface area contributed by atoms with E-state index in [1.54, 1.807) is 0 Å². The van der Waals surface area contributed by atoms with E-state index in [1.807, 2.05) is 0 Å². The molecule has 2 bridgehead atoms. The molecule has 2 aliphatic carbocycles. The Kier molecular flexibility index (Phi) is 6.97. The van der Waals surface area contributed by atoms with Crippen molar-refractivity contribution in [1.82, 2.24) is 0 Å². The van der Waals surface area contributed by atoms with Gasteiger partial charge in [-0.1, -0.05) is 124 Å². The van der Waals surface area contributed by atoms with Crippen LogP contribution in [0.5, 0.6) is 0 Å². The van der Waals surface area contributed by atoms with Crippen LogP contribution in [0.4, 0.5) is 51.2 Å². The van der Waals surface area contributed by atoms with Crippen LogP contribution in [0.2, 0.25) is 0 Å². The van der Waals surface area contributed by atoms with Gasteiger partial charge in [-0.3, -0.25) is 0 Å². The van der Waals surface area contributed by atoms with Crippen molar-refractivity contribution in [1.29, 1.82) is 0 Å². The number of hydrogen-bond acceptors (Lipinski definition) is 3. The van der Waals surface area contributed by atoms with Crippen molar-refractivity contribution in [3.63, 3.8) is 0 Å². The summed E-state index contributed by atoms with van der Waals surface area (Å²) in [5, 5.41) is 2.45. The summed E-state index contributed by atoms with van der Waals surface area (Å²) in [4.78, 5) is 7.47. The van der Waals surface area contributed by atoms with E-state index in [0.29, 0.717) is 0 Å². The first-order valence-corrected chi connectivity index (χ1v) is 19.4. The molecule has 0 amide bonds. The smallest absolute Gasteiger partial charge is 0.252 e. The van der Waals surface area contributed by atoms with Gasteiger partial charge in [0, 0.05) is 50.9 Å². The molecule has 8 aromatic rings. The van der Waals surface area contributed by atoms with Crippen molar-refractivity contribution in [2.45, 2.75) is 32.6 Å². The largest absolute Gasteiger partial charge is 0.311 e. The van der Waals surface area contributed by atoms with E-state index in [0.717, 1.165) is 29.2 Å². The lowest BCUT2D eigenvalue weighted by Gasteiger charge is -2.46. The van der Waals surface area contributed by atoms with E-state index in [4.69, 9.17) is 0 Å². The Morgan fingerprint density at radius 2 is 1.15 bits per heavy atom. The minimum atomic E-state index is 0.0556. The van der Waals surface area contributed by atoms with Crippen molar-refractivity contribution in [3.05, 3.63) is 193 Å². The first-order valence-electron chi connectivity index (χ1n) is 19.4. The molecule has 0 atom stereocenters. The van der Waals surface area contributed by atoms with Crippen molar-refractivity contribution in [3.8, 4) is 0 Å². The molecule has 4 heteroatoms. The summed E-state index contributed by atoms with van der Waals surface area (Å²) in [5.41, 5.74) is 19.2. The van der Waals surface area contributed by atoms with Crippen LogP contribution < -0.4 is 31.1 Å². The molecular formula is C51H40BN3. The maximum absolute atomic E-state index is 2.53. The van der Waals surface area contributed by atoms with E-state index >= 15 is 0 Å². The number of para-hydroxylation sites is 2. The zero-order valence-corrected chi connectivity index (χ0v) is 31.4. The van der Waals surface area contributed by atoms with Crippen LogP contribution in [0.3, 0.4) is 0 Å². The highest BCUT2D eigenvalue weighted by molar-refractivity contribution is 7.00. The molecular weight excluding hydrogens is 665 g/mol. The summed E-state index contributed by atoms with van der Waals surface area (Å²) in [6.07, 6.45) is 1.03. The third-order valence-corrected chi connectivity index (χ3v) is 11.9. The Hall–Kier alpha value is -6.52. The van der Waals surface area contributed by atoms with E-state index < -0.39 is 0 Å². The first-order chi connectivity index (χ1) is 26.9. The topological polar surface area (TPSA) is 9.72 Å². The molecule has 2 heterocycles. The number of fused-ring (bicyclic) bond motifs is 3. The average molecular weight is 706 g/mol. The number of benzene rings is 8. The third-order valence-electron chi connectivity index (χ3n) is 11.9. The fourth-order valence-corrected chi connectivity index (χ4v) is 9.32.